The molecule has 3 heterocycles. The monoisotopic (exact) mass is 465 g/mol. The van der Waals surface area contributed by atoms with E-state index in [1.165, 1.54) is 11.3 Å². The largest absolute Gasteiger partial charge is 0.346 e. The number of aryl methyl sites for hydroxylation is 3. The Kier molecular flexibility index (Phi) is 6.95. The van der Waals surface area contributed by atoms with E-state index >= 15 is 0 Å². The molecule has 2 N–H and O–H groups in total. The van der Waals surface area contributed by atoms with Crippen LogP contribution in [0.2, 0.25) is 0 Å². The van der Waals surface area contributed by atoms with E-state index in [0.29, 0.717) is 17.6 Å². The van der Waals surface area contributed by atoms with Gasteiger partial charge in [0.1, 0.15) is 10.7 Å². The number of H-pyrrole nitrogens is 1. The van der Waals surface area contributed by atoms with E-state index in [2.05, 4.69) is 56.9 Å². The van der Waals surface area contributed by atoms with Crippen molar-refractivity contribution in [1.29, 1.82) is 0 Å². The van der Waals surface area contributed by atoms with Crippen LogP contribution >= 0.6 is 11.3 Å². The van der Waals surface area contributed by atoms with Crippen LogP contribution in [0.4, 0.5) is 5.69 Å². The van der Waals surface area contributed by atoms with Crippen LogP contribution in [0, 0.1) is 13.8 Å². The van der Waals surface area contributed by atoms with E-state index in [1.807, 2.05) is 26.0 Å². The van der Waals surface area contributed by atoms with Gasteiger partial charge in [-0.05, 0) is 56.8 Å². The highest BCUT2D eigenvalue weighted by Crippen LogP contribution is 2.26. The van der Waals surface area contributed by atoms with Crippen molar-refractivity contribution in [3.8, 4) is 0 Å². The molecule has 0 aliphatic heterocycles. The zero-order valence-corrected chi connectivity index (χ0v) is 20.5. The van der Waals surface area contributed by atoms with Crippen molar-refractivity contribution < 1.29 is 4.79 Å². The molecule has 3 aromatic heterocycles. The molecule has 0 saturated carbocycles. The predicted molar refractivity (Wildman–Crippen MR) is 136 cm³/mol. The first-order chi connectivity index (χ1) is 15.9. The number of aromatic amines is 1. The van der Waals surface area contributed by atoms with Crippen LogP contribution in [-0.4, -0.2) is 45.0 Å². The maximum absolute atomic E-state index is 12.5. The molecule has 4 rings (SSSR count). The van der Waals surface area contributed by atoms with Crippen molar-refractivity contribution in [2.24, 2.45) is 0 Å². The van der Waals surface area contributed by atoms with Crippen LogP contribution in [0.3, 0.4) is 0 Å². The molecular weight excluding hydrogens is 434 g/mol. The number of carbonyl (C=O) groups excluding carboxylic acids is 1. The highest BCUT2D eigenvalue weighted by Gasteiger charge is 2.13. The Labute approximate surface area is 197 Å². The van der Waals surface area contributed by atoms with Gasteiger partial charge in [0.05, 0.1) is 5.39 Å². The van der Waals surface area contributed by atoms with Gasteiger partial charge in [0.2, 0.25) is 5.91 Å². The fourth-order valence-electron chi connectivity index (χ4n) is 4.13. The molecule has 0 radical (unpaired) electrons. The van der Waals surface area contributed by atoms with Crippen LogP contribution in [0.15, 0.2) is 35.3 Å². The normalized spacial score (nSPS) is 11.7. The Morgan fingerprint density at radius 1 is 1.21 bits per heavy atom. The molecule has 174 valence electrons. The minimum atomic E-state index is -0.131. The summed E-state index contributed by atoms with van der Waals surface area (Å²) >= 11 is 1.52. The van der Waals surface area contributed by atoms with E-state index in [1.54, 1.807) is 0 Å². The number of benzene rings is 1. The number of carbonyl (C=O) groups is 1. The summed E-state index contributed by atoms with van der Waals surface area (Å²) in [4.78, 5) is 36.6. The number of nitrogens with one attached hydrogen (secondary N) is 2. The van der Waals surface area contributed by atoms with E-state index in [-0.39, 0.29) is 17.9 Å². The number of fused-ring (bicyclic) bond motifs is 2. The van der Waals surface area contributed by atoms with Gasteiger partial charge in [-0.2, -0.15) is 0 Å². The van der Waals surface area contributed by atoms with Crippen LogP contribution in [0.1, 0.15) is 36.5 Å². The average Bonchev–Trinajstić information content (AvgIpc) is 3.33. The van der Waals surface area contributed by atoms with Gasteiger partial charge in [0.25, 0.3) is 5.56 Å². The molecule has 0 saturated heterocycles. The lowest BCUT2D eigenvalue weighted by molar-refractivity contribution is -0.116. The van der Waals surface area contributed by atoms with Crippen molar-refractivity contribution in [2.75, 3.05) is 25.0 Å². The summed E-state index contributed by atoms with van der Waals surface area (Å²) < 4.78 is 2.26. The zero-order valence-electron chi connectivity index (χ0n) is 19.7. The lowest BCUT2D eigenvalue weighted by atomic mass is 10.2. The predicted octanol–water partition coefficient (Wildman–Crippen LogP) is 4.47. The summed E-state index contributed by atoms with van der Waals surface area (Å²) in [6.45, 7) is 12.4. The highest BCUT2D eigenvalue weighted by atomic mass is 32.1. The van der Waals surface area contributed by atoms with E-state index in [9.17, 15) is 9.59 Å². The van der Waals surface area contributed by atoms with Gasteiger partial charge in [-0.1, -0.05) is 13.8 Å². The molecule has 7 nitrogen and oxygen atoms in total. The van der Waals surface area contributed by atoms with E-state index in [4.69, 9.17) is 0 Å². The topological polar surface area (TPSA) is 83.0 Å². The van der Waals surface area contributed by atoms with Gasteiger partial charge < -0.3 is 19.8 Å². The molecule has 0 bridgehead atoms. The van der Waals surface area contributed by atoms with Crippen molar-refractivity contribution in [3.05, 3.63) is 57.1 Å². The lowest BCUT2D eigenvalue weighted by Gasteiger charge is -2.18. The molecule has 0 aliphatic carbocycles. The first kappa shape index (κ1) is 23.2. The number of hydrogen-bond donors (Lipinski definition) is 2. The summed E-state index contributed by atoms with van der Waals surface area (Å²) in [5.74, 6) is 0.446. The fraction of sp³-hybridized carbons (Fsp3) is 0.400. The molecule has 0 unspecified atom stereocenters. The number of aromatic nitrogens is 3. The SMILES string of the molecule is CCN(CC)CCn1ccc2cc(NC(=O)CCc3nc4sc(C)c(C)c4c(=O)[nH]3)ccc21. The molecule has 0 atom stereocenters. The van der Waals surface area contributed by atoms with Crippen LogP contribution in [0.25, 0.3) is 21.1 Å². The number of likely N-dealkylation sites (N-methyl/N-ethyl adjacent to an activating group) is 1. The van der Waals surface area contributed by atoms with Gasteiger partial charge >= 0.3 is 0 Å². The molecular formula is C25H31N5O2S. The summed E-state index contributed by atoms with van der Waals surface area (Å²) in [6, 6.07) is 8.09. The minimum absolute atomic E-state index is 0.100. The average molecular weight is 466 g/mol. The molecule has 33 heavy (non-hydrogen) atoms. The Hall–Kier alpha value is -2.97. The standard InChI is InChI=1S/C25H31N5O2S/c1-5-29(6-2)13-14-30-12-11-18-15-19(7-8-20(18)30)26-22(31)10-9-21-27-24(32)23-16(3)17(4)33-25(23)28-21/h7-8,11-12,15H,5-6,9-10,13-14H2,1-4H3,(H,26,31)(H,27,28,32). The van der Waals surface area contributed by atoms with Crippen LogP contribution in [-0.2, 0) is 17.8 Å². The molecule has 8 heteroatoms. The first-order valence-electron chi connectivity index (χ1n) is 11.5. The zero-order chi connectivity index (χ0) is 23.5. The van der Waals surface area contributed by atoms with Crippen LogP contribution in [0.5, 0.6) is 0 Å². The van der Waals surface area contributed by atoms with Crippen molar-refractivity contribution >= 4 is 44.1 Å². The Balaban J connectivity index is 1.39. The highest BCUT2D eigenvalue weighted by molar-refractivity contribution is 7.18. The Morgan fingerprint density at radius 3 is 2.76 bits per heavy atom. The molecule has 1 amide bonds. The second kappa shape index (κ2) is 9.89. The summed E-state index contributed by atoms with van der Waals surface area (Å²) in [6.07, 6.45) is 2.74. The summed E-state index contributed by atoms with van der Waals surface area (Å²) in [7, 11) is 0. The second-order valence-corrected chi connectivity index (χ2v) is 9.54. The minimum Gasteiger partial charge on any atom is -0.346 e. The van der Waals surface area contributed by atoms with Crippen LogP contribution < -0.4 is 10.9 Å². The number of thiophene rings is 1. The number of nitrogens with zero attached hydrogens (tertiary/aromatic N) is 3. The maximum Gasteiger partial charge on any atom is 0.259 e. The fourth-order valence-corrected chi connectivity index (χ4v) is 5.18. The third kappa shape index (κ3) is 5.02. The summed E-state index contributed by atoms with van der Waals surface area (Å²) in [5, 5.41) is 4.73. The molecule has 0 spiro atoms. The molecule has 0 aliphatic rings. The molecule has 1 aromatic carbocycles. The first-order valence-corrected chi connectivity index (χ1v) is 12.3. The van der Waals surface area contributed by atoms with Gasteiger partial charge in [-0.25, -0.2) is 4.98 Å². The number of rotatable bonds is 9. The van der Waals surface area contributed by atoms with Crippen molar-refractivity contribution in [2.45, 2.75) is 47.1 Å². The lowest BCUT2D eigenvalue weighted by Crippen LogP contribution is -2.26. The van der Waals surface area contributed by atoms with E-state index < -0.39 is 0 Å². The third-order valence-electron chi connectivity index (χ3n) is 6.28. The Bertz CT molecular complexity index is 1350. The van der Waals surface area contributed by atoms with Crippen molar-refractivity contribution in [1.82, 2.24) is 19.4 Å². The second-order valence-electron chi connectivity index (χ2n) is 8.33. The van der Waals surface area contributed by atoms with Crippen molar-refractivity contribution in [3.63, 3.8) is 0 Å². The summed E-state index contributed by atoms with van der Waals surface area (Å²) in [5.41, 5.74) is 2.78. The van der Waals surface area contributed by atoms with E-state index in [0.717, 1.165) is 58.0 Å². The quantitative estimate of drug-likeness (QED) is 0.382. The Morgan fingerprint density at radius 2 is 2.00 bits per heavy atom. The number of anilines is 1. The smallest absolute Gasteiger partial charge is 0.259 e. The van der Waals surface area contributed by atoms with Gasteiger partial charge in [0, 0.05) is 53.6 Å². The molecule has 4 aromatic rings. The third-order valence-corrected chi connectivity index (χ3v) is 7.38. The molecule has 0 fully saturated rings. The maximum atomic E-state index is 12.5. The number of hydrogen-bond acceptors (Lipinski definition) is 5. The van der Waals surface area contributed by atoms with Gasteiger partial charge in [-0.3, -0.25) is 9.59 Å². The van der Waals surface area contributed by atoms with Gasteiger partial charge in [0.15, 0.2) is 0 Å². The number of amides is 1. The van der Waals surface area contributed by atoms with Gasteiger partial charge in [-0.15, -0.1) is 11.3 Å².